The molecule has 0 amide bonds. The Kier molecular flexibility index (Phi) is 5.75. The van der Waals surface area contributed by atoms with Gasteiger partial charge in [0, 0.05) is 49.5 Å². The van der Waals surface area contributed by atoms with E-state index < -0.39 is 0 Å². The Morgan fingerprint density at radius 1 is 0.667 bits per heavy atom. The third-order valence-corrected chi connectivity index (χ3v) is 9.11. The first kappa shape index (κ1) is 23.8. The van der Waals surface area contributed by atoms with Gasteiger partial charge in [-0.1, -0.05) is 60.7 Å². The van der Waals surface area contributed by atoms with E-state index in [1.54, 1.807) is 0 Å². The number of aromatic nitrogens is 2. The van der Waals surface area contributed by atoms with Crippen molar-refractivity contribution < 1.29 is 9.13 Å². The van der Waals surface area contributed by atoms with Gasteiger partial charge < -0.3 is 0 Å². The van der Waals surface area contributed by atoms with Crippen LogP contribution in [-0.4, -0.2) is 0 Å². The topological polar surface area (TPSA) is 7.76 Å². The molecule has 7 aromatic rings. The molecule has 3 heteroatoms. The predicted molar refractivity (Wildman–Crippen MR) is 164 cm³/mol. The van der Waals surface area contributed by atoms with Gasteiger partial charge in [0.15, 0.2) is 18.9 Å². The summed E-state index contributed by atoms with van der Waals surface area (Å²) in [4.78, 5) is 0. The second-order valence-corrected chi connectivity index (χ2v) is 11.5. The third kappa shape index (κ3) is 4.02. The molecule has 0 N–H and O–H groups in total. The molecule has 3 heterocycles. The van der Waals surface area contributed by atoms with Gasteiger partial charge in [-0.05, 0) is 54.6 Å². The summed E-state index contributed by atoms with van der Waals surface area (Å²) in [6.45, 7) is 5.24. The molecule has 0 saturated heterocycles. The second kappa shape index (κ2) is 9.44. The van der Waals surface area contributed by atoms with Crippen LogP contribution in [0, 0.1) is 13.8 Å². The summed E-state index contributed by atoms with van der Waals surface area (Å²) in [5, 5.41) is 5.23. The van der Waals surface area contributed by atoms with E-state index in [0.29, 0.717) is 0 Å². The van der Waals surface area contributed by atoms with Crippen LogP contribution in [-0.2, 0) is 13.6 Å². The lowest BCUT2D eigenvalue weighted by molar-refractivity contribution is -0.677. The van der Waals surface area contributed by atoms with E-state index in [-0.39, 0.29) is 0 Å². The molecule has 0 atom stereocenters. The molecule has 7 rings (SSSR count). The summed E-state index contributed by atoms with van der Waals surface area (Å²) in [7, 11) is 2.15. The Hall–Kier alpha value is -4.34. The SMILES string of the molecule is Cc1ccccc1-c1c2cc(C[n+]3ccccc3-c3c(C)ccc4c3sc3ccccc34)ccc2cc[n+]1C. The van der Waals surface area contributed by atoms with Gasteiger partial charge in [0.1, 0.15) is 7.05 Å². The van der Waals surface area contributed by atoms with Gasteiger partial charge in [0.25, 0.3) is 0 Å². The van der Waals surface area contributed by atoms with Crippen LogP contribution in [0.1, 0.15) is 16.7 Å². The summed E-state index contributed by atoms with van der Waals surface area (Å²) in [5.74, 6) is 0. The standard InChI is InChI=1S/C36H30N2S/c1-24-10-4-5-11-28(24)35-31-22-26(16-17-27(31)19-21-37(35)3)23-38-20-9-8-13-32(38)34-25(2)15-18-30-29-12-6-7-14-33(29)39-36(30)34/h4-22H,23H2,1-3H3/q+2. The Labute approximate surface area is 233 Å². The smallest absolute Gasteiger partial charge is 0.200 e. The second-order valence-electron chi connectivity index (χ2n) is 10.5. The van der Waals surface area contributed by atoms with Gasteiger partial charge in [0.2, 0.25) is 11.4 Å². The Balaban J connectivity index is 1.38. The van der Waals surface area contributed by atoms with Gasteiger partial charge >= 0.3 is 0 Å². The van der Waals surface area contributed by atoms with Gasteiger partial charge in [-0.15, -0.1) is 11.3 Å². The normalized spacial score (nSPS) is 11.6. The minimum absolute atomic E-state index is 0.804. The van der Waals surface area contributed by atoms with Crippen molar-refractivity contribution in [2.75, 3.05) is 0 Å². The highest BCUT2D eigenvalue weighted by Crippen LogP contribution is 2.40. The monoisotopic (exact) mass is 522 g/mol. The maximum Gasteiger partial charge on any atom is 0.220 e. The van der Waals surface area contributed by atoms with Crippen LogP contribution in [0.15, 0.2) is 116 Å². The number of pyridine rings is 2. The van der Waals surface area contributed by atoms with Crippen molar-refractivity contribution in [1.29, 1.82) is 0 Å². The minimum atomic E-state index is 0.804. The van der Waals surface area contributed by atoms with Gasteiger partial charge in [-0.2, -0.15) is 4.57 Å². The molecule has 3 aromatic heterocycles. The molecule has 4 aromatic carbocycles. The van der Waals surface area contributed by atoms with Crippen LogP contribution in [0.25, 0.3) is 53.5 Å². The molecule has 0 saturated carbocycles. The summed E-state index contributed by atoms with van der Waals surface area (Å²) in [5.41, 5.74) is 9.02. The summed E-state index contributed by atoms with van der Waals surface area (Å²) in [6, 6.07) is 37.7. The van der Waals surface area contributed by atoms with E-state index in [9.17, 15) is 0 Å². The van der Waals surface area contributed by atoms with E-state index in [0.717, 1.165) is 6.54 Å². The molecular weight excluding hydrogens is 492 g/mol. The third-order valence-electron chi connectivity index (χ3n) is 7.91. The number of hydrogen-bond acceptors (Lipinski definition) is 1. The van der Waals surface area contributed by atoms with E-state index in [2.05, 4.69) is 146 Å². The zero-order valence-corrected chi connectivity index (χ0v) is 23.3. The number of thiophene rings is 1. The molecule has 0 fully saturated rings. The van der Waals surface area contributed by atoms with Crippen LogP contribution in [0.3, 0.4) is 0 Å². The van der Waals surface area contributed by atoms with E-state index in [1.165, 1.54) is 70.1 Å². The number of fused-ring (bicyclic) bond motifs is 4. The molecule has 0 aliphatic rings. The molecule has 188 valence electrons. The van der Waals surface area contributed by atoms with Crippen molar-refractivity contribution in [1.82, 2.24) is 0 Å². The average Bonchev–Trinajstić information content (AvgIpc) is 3.33. The van der Waals surface area contributed by atoms with Crippen molar-refractivity contribution in [2.45, 2.75) is 20.4 Å². The van der Waals surface area contributed by atoms with Crippen molar-refractivity contribution in [3.63, 3.8) is 0 Å². The van der Waals surface area contributed by atoms with Gasteiger partial charge in [-0.25, -0.2) is 4.57 Å². The fourth-order valence-electron chi connectivity index (χ4n) is 5.93. The lowest BCUT2D eigenvalue weighted by atomic mass is 9.98. The molecule has 0 aliphatic heterocycles. The predicted octanol–water partition coefficient (Wildman–Crippen LogP) is 8.32. The van der Waals surface area contributed by atoms with Crippen molar-refractivity contribution in [3.8, 4) is 22.5 Å². The molecule has 39 heavy (non-hydrogen) atoms. The number of benzene rings is 4. The van der Waals surface area contributed by atoms with Crippen molar-refractivity contribution >= 4 is 42.3 Å². The summed E-state index contributed by atoms with van der Waals surface area (Å²) >= 11 is 1.90. The van der Waals surface area contributed by atoms with E-state index in [1.807, 2.05) is 11.3 Å². The zero-order valence-electron chi connectivity index (χ0n) is 22.5. The largest absolute Gasteiger partial charge is 0.220 e. The van der Waals surface area contributed by atoms with Crippen LogP contribution in [0.2, 0.25) is 0 Å². The van der Waals surface area contributed by atoms with Crippen LogP contribution >= 0.6 is 11.3 Å². The molecule has 0 bridgehead atoms. The highest BCUT2D eigenvalue weighted by Gasteiger charge is 2.22. The zero-order chi connectivity index (χ0) is 26.5. The van der Waals surface area contributed by atoms with Gasteiger partial charge in [-0.3, -0.25) is 0 Å². The van der Waals surface area contributed by atoms with Crippen LogP contribution in [0.5, 0.6) is 0 Å². The Morgan fingerprint density at radius 3 is 2.38 bits per heavy atom. The van der Waals surface area contributed by atoms with Crippen LogP contribution in [0.4, 0.5) is 0 Å². The number of hydrogen-bond donors (Lipinski definition) is 0. The quantitative estimate of drug-likeness (QED) is 0.205. The Bertz CT molecular complexity index is 2030. The van der Waals surface area contributed by atoms with Crippen molar-refractivity contribution in [3.05, 3.63) is 132 Å². The average molecular weight is 523 g/mol. The molecular formula is C36H30N2S+2. The fraction of sp³-hybridized carbons (Fsp3) is 0.111. The first-order valence-corrected chi connectivity index (χ1v) is 14.3. The maximum atomic E-state index is 2.41. The van der Waals surface area contributed by atoms with E-state index in [4.69, 9.17) is 0 Å². The molecule has 0 unspecified atom stereocenters. The molecule has 2 nitrogen and oxygen atoms in total. The minimum Gasteiger partial charge on any atom is -0.200 e. The molecule has 0 radical (unpaired) electrons. The molecule has 0 aliphatic carbocycles. The first-order chi connectivity index (χ1) is 19.1. The highest BCUT2D eigenvalue weighted by molar-refractivity contribution is 7.26. The first-order valence-electron chi connectivity index (χ1n) is 13.5. The van der Waals surface area contributed by atoms with Crippen molar-refractivity contribution in [2.24, 2.45) is 7.05 Å². The number of nitrogens with zero attached hydrogens (tertiary/aromatic N) is 2. The van der Waals surface area contributed by atoms with E-state index >= 15 is 0 Å². The van der Waals surface area contributed by atoms with Gasteiger partial charge in [0.05, 0.1) is 10.9 Å². The Morgan fingerprint density at radius 2 is 1.49 bits per heavy atom. The van der Waals surface area contributed by atoms with Crippen LogP contribution < -0.4 is 9.13 Å². The molecule has 0 spiro atoms. The summed E-state index contributed by atoms with van der Waals surface area (Å²) in [6.07, 6.45) is 4.39. The fourth-order valence-corrected chi connectivity index (χ4v) is 7.24. The highest BCUT2D eigenvalue weighted by atomic mass is 32.1. The lowest BCUT2D eigenvalue weighted by Gasteiger charge is -2.10. The number of rotatable bonds is 4. The lowest BCUT2D eigenvalue weighted by Crippen LogP contribution is -2.36. The number of aryl methyl sites for hydroxylation is 3. The summed E-state index contributed by atoms with van der Waals surface area (Å²) < 4.78 is 7.36. The maximum absolute atomic E-state index is 2.41.